The fourth-order valence-corrected chi connectivity index (χ4v) is 5.44. The van der Waals surface area contributed by atoms with Crippen molar-refractivity contribution in [1.29, 1.82) is 0 Å². The van der Waals surface area contributed by atoms with Gasteiger partial charge < -0.3 is 14.9 Å². The third-order valence-electron chi connectivity index (χ3n) is 7.25. The van der Waals surface area contributed by atoms with Gasteiger partial charge in [-0.2, -0.15) is 0 Å². The predicted molar refractivity (Wildman–Crippen MR) is 111 cm³/mol. The van der Waals surface area contributed by atoms with Gasteiger partial charge in [0.2, 0.25) is 5.91 Å². The van der Waals surface area contributed by atoms with Gasteiger partial charge in [0.1, 0.15) is 5.82 Å². The van der Waals surface area contributed by atoms with E-state index < -0.39 is 0 Å². The number of likely N-dealkylation sites (tertiary alicyclic amines) is 1. The molecule has 29 heavy (non-hydrogen) atoms. The highest BCUT2D eigenvalue weighted by atomic mass is 19.1. The Labute approximate surface area is 170 Å². The maximum absolute atomic E-state index is 13.8. The number of halogens is 1. The van der Waals surface area contributed by atoms with E-state index in [4.69, 9.17) is 0 Å². The highest BCUT2D eigenvalue weighted by Crippen LogP contribution is 2.50. The Balaban J connectivity index is 1.59. The standard InChI is InChI=1S/C24H27FN2O2/c1-26-21-9-8-17(16-6-3-7-18(25)12-16)13-20(21)23-19(22(26)14-28)10-11-27(23)24(29)15-4-2-5-15/h3,6-9,12-13,15,19,22-23,28H,2,4-5,10-11,14H2,1H3/t19-,22-,23-/m0/s1. The second-order valence-electron chi connectivity index (χ2n) is 8.70. The van der Waals surface area contributed by atoms with Crippen LogP contribution in [0.1, 0.15) is 37.3 Å². The minimum absolute atomic E-state index is 0.00621. The number of hydrogen-bond donors (Lipinski definition) is 1. The fraction of sp³-hybridized carbons (Fsp3) is 0.458. The summed E-state index contributed by atoms with van der Waals surface area (Å²) in [4.78, 5) is 17.4. The number of aliphatic hydroxyl groups excluding tert-OH is 1. The maximum atomic E-state index is 13.8. The Morgan fingerprint density at radius 1 is 1.14 bits per heavy atom. The summed E-state index contributed by atoms with van der Waals surface area (Å²) in [5.41, 5.74) is 3.97. The van der Waals surface area contributed by atoms with Gasteiger partial charge in [-0.3, -0.25) is 4.79 Å². The van der Waals surface area contributed by atoms with Crippen molar-refractivity contribution in [1.82, 2.24) is 4.90 Å². The zero-order valence-corrected chi connectivity index (χ0v) is 16.7. The van der Waals surface area contributed by atoms with Crippen molar-refractivity contribution in [2.45, 2.75) is 37.8 Å². The number of carbonyl (C=O) groups excluding carboxylic acids is 1. The summed E-state index contributed by atoms with van der Waals surface area (Å²) >= 11 is 0. The van der Waals surface area contributed by atoms with E-state index in [0.717, 1.165) is 54.6 Å². The Kier molecular flexibility index (Phi) is 4.58. The normalized spacial score (nSPS) is 26.1. The maximum Gasteiger partial charge on any atom is 0.226 e. The SMILES string of the molecule is CN1c2ccc(-c3cccc(F)c3)cc2[C@@H]2[C@@H](CCN2C(=O)C2CCC2)[C@@H]1CO. The molecule has 5 rings (SSSR count). The van der Waals surface area contributed by atoms with E-state index in [1.54, 1.807) is 12.1 Å². The number of amides is 1. The molecule has 5 heteroatoms. The highest BCUT2D eigenvalue weighted by Gasteiger charge is 2.48. The first-order valence-corrected chi connectivity index (χ1v) is 10.6. The molecule has 4 nitrogen and oxygen atoms in total. The molecule has 0 spiro atoms. The summed E-state index contributed by atoms with van der Waals surface area (Å²) in [7, 11) is 2.02. The van der Waals surface area contributed by atoms with Crippen LogP contribution in [-0.2, 0) is 4.79 Å². The van der Waals surface area contributed by atoms with Crippen molar-refractivity contribution >= 4 is 11.6 Å². The van der Waals surface area contributed by atoms with Crippen LogP contribution in [0, 0.1) is 17.7 Å². The molecule has 2 heterocycles. The number of rotatable bonds is 3. The van der Waals surface area contributed by atoms with E-state index in [1.807, 2.05) is 19.2 Å². The number of benzene rings is 2. The van der Waals surface area contributed by atoms with Crippen LogP contribution in [-0.4, -0.2) is 42.2 Å². The van der Waals surface area contributed by atoms with Gasteiger partial charge in [-0.25, -0.2) is 4.39 Å². The van der Waals surface area contributed by atoms with Crippen LogP contribution >= 0.6 is 0 Å². The predicted octanol–water partition coefficient (Wildman–Crippen LogP) is 3.99. The zero-order valence-electron chi connectivity index (χ0n) is 16.7. The first-order valence-electron chi connectivity index (χ1n) is 10.6. The van der Waals surface area contributed by atoms with Gasteiger partial charge in [-0.05, 0) is 60.2 Å². The average Bonchev–Trinajstić information content (AvgIpc) is 3.12. The van der Waals surface area contributed by atoms with Crippen LogP contribution in [0.15, 0.2) is 42.5 Å². The third-order valence-corrected chi connectivity index (χ3v) is 7.25. The van der Waals surface area contributed by atoms with Gasteiger partial charge in [-0.15, -0.1) is 0 Å². The molecule has 1 saturated carbocycles. The first-order chi connectivity index (χ1) is 14.1. The van der Waals surface area contributed by atoms with Crippen molar-refractivity contribution in [3.05, 3.63) is 53.8 Å². The van der Waals surface area contributed by atoms with Gasteiger partial charge in [0.15, 0.2) is 0 Å². The lowest BCUT2D eigenvalue weighted by Gasteiger charge is -2.45. The van der Waals surface area contributed by atoms with Gasteiger partial charge in [0.05, 0.1) is 18.7 Å². The second kappa shape index (κ2) is 7.13. The van der Waals surface area contributed by atoms with Crippen molar-refractivity contribution in [2.24, 2.45) is 11.8 Å². The van der Waals surface area contributed by atoms with Gasteiger partial charge in [-0.1, -0.05) is 24.6 Å². The number of fused-ring (bicyclic) bond motifs is 3. The number of nitrogens with zero attached hydrogens (tertiary/aromatic N) is 2. The summed E-state index contributed by atoms with van der Waals surface area (Å²) in [6.07, 6.45) is 4.03. The van der Waals surface area contributed by atoms with Crippen LogP contribution in [0.3, 0.4) is 0 Å². The molecule has 1 amide bonds. The molecule has 0 unspecified atom stereocenters. The number of likely N-dealkylation sites (N-methyl/N-ethyl adjacent to an activating group) is 1. The minimum atomic E-state index is -0.252. The molecule has 1 N–H and O–H groups in total. The average molecular weight is 394 g/mol. The molecule has 152 valence electrons. The summed E-state index contributed by atoms with van der Waals surface area (Å²) in [5.74, 6) is 0.394. The van der Waals surface area contributed by atoms with Gasteiger partial charge in [0, 0.05) is 31.1 Å². The van der Waals surface area contributed by atoms with E-state index in [-0.39, 0.29) is 42.3 Å². The molecule has 2 fully saturated rings. The molecule has 1 aliphatic carbocycles. The number of aliphatic hydroxyl groups is 1. The number of hydrogen-bond acceptors (Lipinski definition) is 3. The van der Waals surface area contributed by atoms with Gasteiger partial charge >= 0.3 is 0 Å². The van der Waals surface area contributed by atoms with E-state index in [0.29, 0.717) is 0 Å². The Morgan fingerprint density at radius 2 is 1.93 bits per heavy atom. The molecule has 2 aromatic rings. The fourth-order valence-electron chi connectivity index (χ4n) is 5.44. The summed E-state index contributed by atoms with van der Waals surface area (Å²) in [6, 6.07) is 12.8. The highest BCUT2D eigenvalue weighted by molar-refractivity contribution is 5.81. The largest absolute Gasteiger partial charge is 0.394 e. The van der Waals surface area contributed by atoms with Crippen molar-refractivity contribution in [2.75, 3.05) is 25.1 Å². The summed E-state index contributed by atoms with van der Waals surface area (Å²) in [5, 5.41) is 10.1. The van der Waals surface area contributed by atoms with Crippen molar-refractivity contribution < 1.29 is 14.3 Å². The molecular weight excluding hydrogens is 367 g/mol. The topological polar surface area (TPSA) is 43.8 Å². The lowest BCUT2D eigenvalue weighted by Crippen LogP contribution is -2.49. The summed E-state index contributed by atoms with van der Waals surface area (Å²) in [6.45, 7) is 0.826. The smallest absolute Gasteiger partial charge is 0.226 e. The van der Waals surface area contributed by atoms with E-state index in [1.165, 1.54) is 6.07 Å². The van der Waals surface area contributed by atoms with E-state index >= 15 is 0 Å². The van der Waals surface area contributed by atoms with Crippen LogP contribution in [0.4, 0.5) is 10.1 Å². The first kappa shape index (κ1) is 18.6. The lowest BCUT2D eigenvalue weighted by atomic mass is 9.80. The molecule has 3 aliphatic rings. The minimum Gasteiger partial charge on any atom is -0.394 e. The third kappa shape index (κ3) is 2.94. The van der Waals surface area contributed by atoms with Crippen LogP contribution in [0.2, 0.25) is 0 Å². The number of anilines is 1. The molecule has 0 aromatic heterocycles. The lowest BCUT2D eigenvalue weighted by molar-refractivity contribution is -0.139. The van der Waals surface area contributed by atoms with E-state index in [2.05, 4.69) is 21.9 Å². The van der Waals surface area contributed by atoms with Crippen molar-refractivity contribution in [3.8, 4) is 11.1 Å². The molecular formula is C24H27FN2O2. The van der Waals surface area contributed by atoms with Gasteiger partial charge in [0.25, 0.3) is 0 Å². The molecule has 2 aliphatic heterocycles. The molecule has 0 radical (unpaired) electrons. The molecule has 1 saturated heterocycles. The van der Waals surface area contributed by atoms with Crippen LogP contribution in [0.25, 0.3) is 11.1 Å². The summed E-state index contributed by atoms with van der Waals surface area (Å²) < 4.78 is 13.8. The molecule has 2 aromatic carbocycles. The molecule has 0 bridgehead atoms. The Morgan fingerprint density at radius 3 is 2.62 bits per heavy atom. The monoisotopic (exact) mass is 394 g/mol. The van der Waals surface area contributed by atoms with Crippen molar-refractivity contribution in [3.63, 3.8) is 0 Å². The second-order valence-corrected chi connectivity index (χ2v) is 8.70. The Hall–Kier alpha value is -2.40. The Bertz CT molecular complexity index is 942. The van der Waals surface area contributed by atoms with Crippen LogP contribution in [0.5, 0.6) is 0 Å². The molecule has 3 atom stereocenters. The van der Waals surface area contributed by atoms with E-state index in [9.17, 15) is 14.3 Å². The van der Waals surface area contributed by atoms with Crippen LogP contribution < -0.4 is 4.90 Å². The zero-order chi connectivity index (χ0) is 20.1. The quantitative estimate of drug-likeness (QED) is 0.856. The number of carbonyl (C=O) groups is 1.